The summed E-state index contributed by atoms with van der Waals surface area (Å²) >= 11 is 0.616. The number of carbonyl (C=O) groups is 2. The number of hydrogen-bond donors (Lipinski definition) is 4. The first-order valence-electron chi connectivity index (χ1n) is 12.7. The fraction of sp³-hybridized carbons (Fsp3) is 0.222. The van der Waals surface area contributed by atoms with Gasteiger partial charge in [0.05, 0.1) is 19.4 Å². The minimum Gasteiger partial charge on any atom is -0.493 e. The first-order valence-corrected chi connectivity index (χ1v) is 13.6. The van der Waals surface area contributed by atoms with E-state index in [1.165, 1.54) is 24.6 Å². The first kappa shape index (κ1) is 30.3. The number of nitrogens with one attached hydrogen (secondary N) is 3. The number of nitrogen functional groups attached to an aromatic ring is 1. The number of aromatic nitrogens is 3. The third-order valence-electron chi connectivity index (χ3n) is 6.54. The van der Waals surface area contributed by atoms with Crippen molar-refractivity contribution in [1.82, 2.24) is 14.8 Å². The molecule has 1 aliphatic rings. The number of thiophene rings is 1. The lowest BCUT2D eigenvalue weighted by Crippen LogP contribution is -2.28. The molecule has 0 saturated carbocycles. The second kappa shape index (κ2) is 11.8. The van der Waals surface area contributed by atoms with E-state index in [9.17, 15) is 27.6 Å². The second-order valence-electron chi connectivity index (χ2n) is 9.35. The minimum absolute atomic E-state index is 0.00312. The quantitative estimate of drug-likeness (QED) is 0.0738. The number of methoxy groups -OCH3 is 1. The van der Waals surface area contributed by atoms with Gasteiger partial charge >= 0.3 is 23.8 Å². The van der Waals surface area contributed by atoms with Gasteiger partial charge in [0, 0.05) is 22.4 Å². The van der Waals surface area contributed by atoms with Crippen LogP contribution >= 0.6 is 11.3 Å². The topological polar surface area (TPSA) is 174 Å². The van der Waals surface area contributed by atoms with Gasteiger partial charge in [0.25, 0.3) is 0 Å². The molecule has 1 aliphatic heterocycles. The molecule has 230 valence electrons. The standard InChI is InChI=1S/C27H22F4N6O6S/c1-41-17-11-15(18(28)14-3-2-9-42-20(14)17)19(34-13-6-4-12(5-7-13)22(32)33)23-35-26(40)37(36-23)16-8-10-44-21(16)24(38)43-25(39)27(29,30)31/h4-8,10-11,19,34H,2-3,9H2,1H3,(H3,32,33)(H,35,36,40). The van der Waals surface area contributed by atoms with E-state index in [2.05, 4.69) is 20.1 Å². The zero-order chi connectivity index (χ0) is 31.8. The van der Waals surface area contributed by atoms with Crippen molar-refractivity contribution in [2.45, 2.75) is 25.1 Å². The van der Waals surface area contributed by atoms with Gasteiger partial charge in [-0.1, -0.05) is 0 Å². The van der Waals surface area contributed by atoms with E-state index in [1.54, 1.807) is 24.3 Å². The third kappa shape index (κ3) is 5.85. The summed E-state index contributed by atoms with van der Waals surface area (Å²) in [5.74, 6) is -4.87. The lowest BCUT2D eigenvalue weighted by Gasteiger charge is -2.25. The molecule has 0 radical (unpaired) electrons. The van der Waals surface area contributed by atoms with Crippen LogP contribution in [-0.4, -0.2) is 52.4 Å². The number of anilines is 1. The molecule has 2 aromatic heterocycles. The highest BCUT2D eigenvalue weighted by atomic mass is 32.1. The number of alkyl halides is 3. The van der Waals surface area contributed by atoms with Gasteiger partial charge in [-0.3, -0.25) is 10.4 Å². The van der Waals surface area contributed by atoms with Gasteiger partial charge < -0.3 is 25.3 Å². The predicted molar refractivity (Wildman–Crippen MR) is 148 cm³/mol. The first-order chi connectivity index (χ1) is 20.9. The molecule has 1 unspecified atom stereocenters. The number of amidine groups is 1. The van der Waals surface area contributed by atoms with E-state index in [4.69, 9.17) is 20.6 Å². The summed E-state index contributed by atoms with van der Waals surface area (Å²) in [5.41, 5.74) is 5.42. The number of rotatable bonds is 8. The summed E-state index contributed by atoms with van der Waals surface area (Å²) in [7, 11) is 1.38. The Morgan fingerprint density at radius 2 is 1.98 bits per heavy atom. The van der Waals surface area contributed by atoms with Gasteiger partial charge in [-0.25, -0.2) is 18.8 Å². The van der Waals surface area contributed by atoms with Crippen molar-refractivity contribution < 1.29 is 41.4 Å². The van der Waals surface area contributed by atoms with Crippen LogP contribution in [0.5, 0.6) is 11.5 Å². The SMILES string of the molecule is COc1cc(C(Nc2ccc(C(=N)N)cc2)c2nn(-c3ccsc3C(=O)OC(=O)C(F)(F)F)c(=O)[nH]2)c(F)c2c1OCCC2. The molecular formula is C27H22F4N6O6S. The molecular weight excluding hydrogens is 612 g/mol. The van der Waals surface area contributed by atoms with Gasteiger partial charge in [0.2, 0.25) is 0 Å². The molecule has 0 bridgehead atoms. The minimum atomic E-state index is -5.42. The van der Waals surface area contributed by atoms with E-state index >= 15 is 4.39 Å². The lowest BCUT2D eigenvalue weighted by molar-refractivity contribution is -0.193. The molecule has 0 spiro atoms. The smallest absolute Gasteiger partial charge is 0.491 e. The van der Waals surface area contributed by atoms with Crippen molar-refractivity contribution in [2.75, 3.05) is 19.0 Å². The van der Waals surface area contributed by atoms with Gasteiger partial charge in [-0.15, -0.1) is 16.4 Å². The summed E-state index contributed by atoms with van der Waals surface area (Å²) in [5, 5.41) is 16.2. The Bertz CT molecular complexity index is 1810. The Balaban J connectivity index is 1.60. The number of fused-ring (bicyclic) bond motifs is 1. The molecule has 5 N–H and O–H groups in total. The fourth-order valence-electron chi connectivity index (χ4n) is 4.51. The van der Waals surface area contributed by atoms with Crippen LogP contribution in [0.2, 0.25) is 0 Å². The zero-order valence-corrected chi connectivity index (χ0v) is 23.4. The molecule has 0 aliphatic carbocycles. The van der Waals surface area contributed by atoms with Gasteiger partial charge in [-0.05, 0) is 54.6 Å². The molecule has 44 heavy (non-hydrogen) atoms. The molecule has 0 amide bonds. The molecule has 12 nitrogen and oxygen atoms in total. The molecule has 0 saturated heterocycles. The van der Waals surface area contributed by atoms with Crippen molar-refractivity contribution in [3.05, 3.63) is 85.5 Å². The van der Waals surface area contributed by atoms with Crippen LogP contribution in [-0.2, 0) is 16.0 Å². The maximum atomic E-state index is 16.1. The fourth-order valence-corrected chi connectivity index (χ4v) is 5.26. The molecule has 17 heteroatoms. The molecule has 5 rings (SSSR count). The Labute approximate surface area is 248 Å². The van der Waals surface area contributed by atoms with E-state index in [1.807, 2.05) is 0 Å². The Morgan fingerprint density at radius 3 is 2.64 bits per heavy atom. The van der Waals surface area contributed by atoms with Crippen LogP contribution in [0.1, 0.15) is 44.6 Å². The van der Waals surface area contributed by atoms with Crippen molar-refractivity contribution in [3.8, 4) is 17.2 Å². The molecule has 3 heterocycles. The van der Waals surface area contributed by atoms with E-state index in [-0.39, 0.29) is 40.0 Å². The van der Waals surface area contributed by atoms with Crippen molar-refractivity contribution in [3.63, 3.8) is 0 Å². The van der Waals surface area contributed by atoms with E-state index < -0.39 is 40.5 Å². The predicted octanol–water partition coefficient (Wildman–Crippen LogP) is 3.83. The zero-order valence-electron chi connectivity index (χ0n) is 22.6. The second-order valence-corrected chi connectivity index (χ2v) is 10.3. The van der Waals surface area contributed by atoms with Crippen molar-refractivity contribution in [2.24, 2.45) is 5.73 Å². The third-order valence-corrected chi connectivity index (χ3v) is 7.43. The number of aromatic amines is 1. The van der Waals surface area contributed by atoms with Crippen LogP contribution < -0.4 is 26.2 Å². The Kier molecular flexibility index (Phi) is 8.14. The molecule has 1 atom stereocenters. The van der Waals surface area contributed by atoms with Crippen molar-refractivity contribution in [1.29, 1.82) is 5.41 Å². The van der Waals surface area contributed by atoms with E-state index in [0.717, 1.165) is 0 Å². The van der Waals surface area contributed by atoms with Crippen LogP contribution in [0.15, 0.2) is 46.6 Å². The van der Waals surface area contributed by atoms with E-state index in [0.29, 0.717) is 46.7 Å². The number of esters is 2. The van der Waals surface area contributed by atoms with Gasteiger partial charge in [-0.2, -0.15) is 17.9 Å². The highest BCUT2D eigenvalue weighted by molar-refractivity contribution is 7.12. The summed E-state index contributed by atoms with van der Waals surface area (Å²) in [6.45, 7) is 0.365. The van der Waals surface area contributed by atoms with Crippen LogP contribution in [0, 0.1) is 11.2 Å². The molecule has 0 fully saturated rings. The summed E-state index contributed by atoms with van der Waals surface area (Å²) < 4.78 is 69.8. The highest BCUT2D eigenvalue weighted by Gasteiger charge is 2.43. The average molecular weight is 635 g/mol. The summed E-state index contributed by atoms with van der Waals surface area (Å²) in [4.78, 5) is 38.7. The summed E-state index contributed by atoms with van der Waals surface area (Å²) in [6.07, 6.45) is -4.54. The molecule has 4 aromatic rings. The molecule has 2 aromatic carbocycles. The maximum Gasteiger partial charge on any atom is 0.491 e. The van der Waals surface area contributed by atoms with Crippen molar-refractivity contribution >= 4 is 34.8 Å². The number of benzene rings is 2. The number of hydrogen-bond acceptors (Lipinski definition) is 10. The van der Waals surface area contributed by atoms with Crippen LogP contribution in [0.4, 0.5) is 23.2 Å². The number of nitrogens with zero attached hydrogens (tertiary/aromatic N) is 2. The Hall–Kier alpha value is -5.19. The van der Waals surface area contributed by atoms with Gasteiger partial charge in [0.1, 0.15) is 22.6 Å². The lowest BCUT2D eigenvalue weighted by atomic mass is 9.96. The number of H-pyrrole nitrogens is 1. The number of ether oxygens (including phenoxy) is 3. The normalized spacial score (nSPS) is 13.4. The number of carbonyl (C=O) groups excluding carboxylic acids is 2. The van der Waals surface area contributed by atoms with Crippen LogP contribution in [0.25, 0.3) is 5.69 Å². The monoisotopic (exact) mass is 634 g/mol. The number of nitrogens with two attached hydrogens (primary N) is 1. The summed E-state index contributed by atoms with van der Waals surface area (Å²) in [6, 6.07) is 7.63. The maximum absolute atomic E-state index is 16.1. The highest BCUT2D eigenvalue weighted by Crippen LogP contribution is 2.41. The average Bonchev–Trinajstić information content (AvgIpc) is 3.63. The Morgan fingerprint density at radius 1 is 1.25 bits per heavy atom. The number of halogens is 4. The van der Waals surface area contributed by atoms with Crippen LogP contribution in [0.3, 0.4) is 0 Å². The van der Waals surface area contributed by atoms with Gasteiger partial charge in [0.15, 0.2) is 17.3 Å². The largest absolute Gasteiger partial charge is 0.493 e.